The van der Waals surface area contributed by atoms with Crippen LogP contribution >= 0.6 is 0 Å². The van der Waals surface area contributed by atoms with Crippen LogP contribution < -0.4 is 15.4 Å². The molecule has 0 saturated carbocycles. The van der Waals surface area contributed by atoms with E-state index in [1.165, 1.54) is 18.6 Å². The number of nitrogens with zero attached hydrogens (tertiary/aromatic N) is 5. The van der Waals surface area contributed by atoms with Crippen LogP contribution in [0.2, 0.25) is 0 Å². The zero-order chi connectivity index (χ0) is 25.3. The lowest BCUT2D eigenvalue weighted by Gasteiger charge is -2.32. The number of benzene rings is 2. The fourth-order valence-corrected chi connectivity index (χ4v) is 5.24. The molecule has 0 aliphatic carbocycles. The van der Waals surface area contributed by atoms with Crippen LogP contribution in [0, 0.1) is 0 Å². The first-order chi connectivity index (χ1) is 17.3. The summed E-state index contributed by atoms with van der Waals surface area (Å²) in [5, 5.41) is 9.22. The van der Waals surface area contributed by atoms with Crippen molar-refractivity contribution in [1.82, 2.24) is 19.9 Å². The molecule has 186 valence electrons. The Hall–Kier alpha value is -3.60. The van der Waals surface area contributed by atoms with E-state index in [1.807, 2.05) is 24.4 Å². The van der Waals surface area contributed by atoms with Gasteiger partial charge in [-0.25, -0.2) is 28.5 Å². The summed E-state index contributed by atoms with van der Waals surface area (Å²) in [6, 6.07) is 16.3. The average Bonchev–Trinajstić information content (AvgIpc) is 3.37. The second-order valence-corrected chi connectivity index (χ2v) is 10.5. The Kier molecular flexibility index (Phi) is 6.57. The quantitative estimate of drug-likeness (QED) is 0.389. The fraction of sp³-hybridized carbons (Fsp3) is 0.269. The largest absolute Gasteiger partial charge is 0.344 e. The van der Waals surface area contributed by atoms with Crippen LogP contribution in [0.3, 0.4) is 0 Å². The minimum Gasteiger partial charge on any atom is -0.344 e. The van der Waals surface area contributed by atoms with Gasteiger partial charge < -0.3 is 10.2 Å². The molecule has 2 aromatic heterocycles. The van der Waals surface area contributed by atoms with Crippen LogP contribution in [0.25, 0.3) is 22.0 Å². The van der Waals surface area contributed by atoms with E-state index in [0.29, 0.717) is 17.8 Å². The maximum atomic E-state index is 11.5. The molecule has 10 heteroatoms. The smallest absolute Gasteiger partial charge is 0.238 e. The maximum absolute atomic E-state index is 11.5. The molecule has 0 unspecified atom stereocenters. The number of primary sulfonamides is 1. The molecule has 0 amide bonds. The monoisotopic (exact) mass is 503 g/mol. The molecule has 0 radical (unpaired) electrons. The Balaban J connectivity index is 1.41. The predicted molar refractivity (Wildman–Crippen MR) is 143 cm³/mol. The molecular formula is C26H29N7O2S. The molecule has 1 aliphatic rings. The molecule has 9 nitrogen and oxygen atoms in total. The Morgan fingerprint density at radius 2 is 1.89 bits per heavy atom. The molecule has 1 saturated heterocycles. The number of nitrogens with one attached hydrogen (secondary N) is 1. The number of nitrogens with two attached hydrogens (primary N) is 1. The molecule has 2 aromatic carbocycles. The van der Waals surface area contributed by atoms with Gasteiger partial charge in [-0.05, 0) is 55.8 Å². The molecule has 4 aromatic rings. The van der Waals surface area contributed by atoms with E-state index in [4.69, 9.17) is 15.1 Å². The highest BCUT2D eigenvalue weighted by Crippen LogP contribution is 2.30. The topological polar surface area (TPSA) is 117 Å². The lowest BCUT2D eigenvalue weighted by atomic mass is 10.0. The SMILES string of the molecule is CCN1CCC[C@H]1N(C)c1ccc(-c2cccc3cnc(Nc4ccc(S(N)(=O)=O)cc4)nc23)cn1. The Morgan fingerprint density at radius 3 is 2.58 bits per heavy atom. The van der Waals surface area contributed by atoms with E-state index in [9.17, 15) is 8.42 Å². The van der Waals surface area contributed by atoms with Crippen molar-refractivity contribution in [1.29, 1.82) is 0 Å². The van der Waals surface area contributed by atoms with Gasteiger partial charge in [0.1, 0.15) is 5.82 Å². The van der Waals surface area contributed by atoms with E-state index < -0.39 is 10.0 Å². The number of hydrogen-bond donors (Lipinski definition) is 2. The number of fused-ring (bicyclic) bond motifs is 1. The fourth-order valence-electron chi connectivity index (χ4n) is 4.73. The van der Waals surface area contributed by atoms with E-state index in [-0.39, 0.29) is 4.90 Å². The minimum absolute atomic E-state index is 0.0479. The molecule has 1 aliphatic heterocycles. The van der Waals surface area contributed by atoms with Gasteiger partial charge in [-0.2, -0.15) is 0 Å². The van der Waals surface area contributed by atoms with Crippen molar-refractivity contribution in [3.8, 4) is 11.1 Å². The number of likely N-dealkylation sites (tertiary alicyclic amines) is 1. The van der Waals surface area contributed by atoms with Crippen molar-refractivity contribution in [3.63, 3.8) is 0 Å². The third kappa shape index (κ3) is 4.88. The number of rotatable bonds is 7. The zero-order valence-electron chi connectivity index (χ0n) is 20.3. The van der Waals surface area contributed by atoms with E-state index in [1.54, 1.807) is 18.3 Å². The van der Waals surface area contributed by atoms with Gasteiger partial charge in [-0.15, -0.1) is 0 Å². The van der Waals surface area contributed by atoms with E-state index in [0.717, 1.165) is 47.4 Å². The summed E-state index contributed by atoms with van der Waals surface area (Å²) in [5.41, 5.74) is 3.38. The molecule has 5 rings (SSSR count). The summed E-state index contributed by atoms with van der Waals surface area (Å²) in [4.78, 5) is 18.7. The molecular weight excluding hydrogens is 474 g/mol. The van der Waals surface area contributed by atoms with Gasteiger partial charge in [0, 0.05) is 48.2 Å². The lowest BCUT2D eigenvalue weighted by Crippen LogP contribution is -2.42. The third-order valence-electron chi connectivity index (χ3n) is 6.65. The second-order valence-electron chi connectivity index (χ2n) is 8.90. The molecule has 3 N–H and O–H groups in total. The molecule has 3 heterocycles. The number of pyridine rings is 1. The molecule has 36 heavy (non-hydrogen) atoms. The van der Waals surface area contributed by atoms with Crippen molar-refractivity contribution in [3.05, 3.63) is 67.0 Å². The first-order valence-electron chi connectivity index (χ1n) is 11.9. The number of anilines is 3. The Bertz CT molecular complexity index is 1470. The summed E-state index contributed by atoms with van der Waals surface area (Å²) < 4.78 is 23.0. The maximum Gasteiger partial charge on any atom is 0.238 e. The zero-order valence-corrected chi connectivity index (χ0v) is 21.1. The van der Waals surface area contributed by atoms with E-state index in [2.05, 4.69) is 46.2 Å². The van der Waals surface area contributed by atoms with Gasteiger partial charge in [0.2, 0.25) is 16.0 Å². The predicted octanol–water partition coefficient (Wildman–Crippen LogP) is 3.96. The number of sulfonamides is 1. The molecule has 1 atom stereocenters. The highest BCUT2D eigenvalue weighted by atomic mass is 32.2. The summed E-state index contributed by atoms with van der Waals surface area (Å²) in [5.74, 6) is 1.35. The van der Waals surface area contributed by atoms with Crippen molar-refractivity contribution in [2.75, 3.05) is 30.4 Å². The van der Waals surface area contributed by atoms with Crippen LogP contribution in [0.5, 0.6) is 0 Å². The van der Waals surface area contributed by atoms with Crippen LogP contribution in [0.1, 0.15) is 19.8 Å². The average molecular weight is 504 g/mol. The highest BCUT2D eigenvalue weighted by molar-refractivity contribution is 7.89. The summed E-state index contributed by atoms with van der Waals surface area (Å²) >= 11 is 0. The van der Waals surface area contributed by atoms with Crippen molar-refractivity contribution >= 4 is 38.4 Å². The third-order valence-corrected chi connectivity index (χ3v) is 7.58. The molecule has 0 spiro atoms. The van der Waals surface area contributed by atoms with Crippen molar-refractivity contribution in [2.24, 2.45) is 5.14 Å². The van der Waals surface area contributed by atoms with Crippen molar-refractivity contribution in [2.45, 2.75) is 30.8 Å². The number of aromatic nitrogens is 3. The lowest BCUT2D eigenvalue weighted by molar-refractivity contribution is 0.264. The second kappa shape index (κ2) is 9.81. The molecule has 0 bridgehead atoms. The number of para-hydroxylation sites is 1. The molecule has 1 fully saturated rings. The number of hydrogen-bond acceptors (Lipinski definition) is 8. The first-order valence-corrected chi connectivity index (χ1v) is 13.5. The van der Waals surface area contributed by atoms with Gasteiger partial charge >= 0.3 is 0 Å². The Labute approximate surface area is 211 Å². The van der Waals surface area contributed by atoms with Crippen LogP contribution in [-0.2, 0) is 10.0 Å². The van der Waals surface area contributed by atoms with Gasteiger partial charge in [0.15, 0.2) is 0 Å². The first kappa shape index (κ1) is 24.1. The summed E-state index contributed by atoms with van der Waals surface area (Å²) in [7, 11) is -1.64. The van der Waals surface area contributed by atoms with Gasteiger partial charge in [-0.1, -0.05) is 25.1 Å². The van der Waals surface area contributed by atoms with Crippen LogP contribution in [-0.4, -0.2) is 54.6 Å². The van der Waals surface area contributed by atoms with E-state index >= 15 is 0 Å². The highest BCUT2D eigenvalue weighted by Gasteiger charge is 2.27. The normalized spacial score (nSPS) is 16.4. The van der Waals surface area contributed by atoms with Crippen LogP contribution in [0.15, 0.2) is 71.9 Å². The van der Waals surface area contributed by atoms with Gasteiger partial charge in [0.05, 0.1) is 16.6 Å². The minimum atomic E-state index is -3.75. The summed E-state index contributed by atoms with van der Waals surface area (Å²) in [6.07, 6.45) is 6.40. The standard InChI is InChI=1S/C26H29N7O2S/c1-3-33-15-5-8-24(33)32(2)23-14-9-18(16-28-23)22-7-4-6-19-17-29-26(31-25(19)22)30-20-10-12-21(13-11-20)36(27,34)35/h4,6-7,9-14,16-17,24H,3,5,8,15H2,1-2H3,(H2,27,34,35)(H,29,30,31)/t24-/m0/s1. The van der Waals surface area contributed by atoms with Crippen LogP contribution in [0.4, 0.5) is 17.5 Å². The van der Waals surface area contributed by atoms with Crippen molar-refractivity contribution < 1.29 is 8.42 Å². The Morgan fingerprint density at radius 1 is 1.08 bits per heavy atom. The summed E-state index contributed by atoms with van der Waals surface area (Å²) in [6.45, 7) is 4.37. The van der Waals surface area contributed by atoms with Gasteiger partial charge in [0.25, 0.3) is 0 Å². The van der Waals surface area contributed by atoms with Gasteiger partial charge in [-0.3, -0.25) is 4.90 Å².